The number of furan rings is 1. The number of rotatable bonds is 7. The minimum atomic E-state index is -0.433. The molecule has 1 heterocycles. The number of carbonyl (C=O) groups excluding carboxylic acids is 2. The fraction of sp³-hybridized carbons (Fsp3) is 0.120. The topological polar surface area (TPSA) is 87.0 Å². The van der Waals surface area contributed by atoms with Gasteiger partial charge in [-0.1, -0.05) is 12.1 Å². The highest BCUT2D eigenvalue weighted by Crippen LogP contribution is 2.33. The molecule has 0 saturated heterocycles. The fourth-order valence-corrected chi connectivity index (χ4v) is 3.33. The summed E-state index contributed by atoms with van der Waals surface area (Å²) in [5, 5.41) is 3.45. The van der Waals surface area contributed by atoms with Gasteiger partial charge in [-0.05, 0) is 48.5 Å². The van der Waals surface area contributed by atoms with E-state index in [1.54, 1.807) is 67.8 Å². The molecular weight excluding hydrogens is 410 g/mol. The van der Waals surface area contributed by atoms with Crippen LogP contribution in [-0.4, -0.2) is 33.0 Å². The van der Waals surface area contributed by atoms with E-state index in [1.165, 1.54) is 14.2 Å². The summed E-state index contributed by atoms with van der Waals surface area (Å²) in [5.74, 6) is 0.827. The molecule has 0 aliphatic carbocycles. The molecule has 0 spiro atoms. The van der Waals surface area contributed by atoms with Crippen LogP contribution in [0, 0.1) is 0 Å². The van der Waals surface area contributed by atoms with Crippen molar-refractivity contribution in [3.05, 3.63) is 83.6 Å². The summed E-state index contributed by atoms with van der Waals surface area (Å²) in [6.07, 6.45) is 0. The Hall–Kier alpha value is -4.26. The van der Waals surface area contributed by atoms with Gasteiger partial charge >= 0.3 is 0 Å². The van der Waals surface area contributed by atoms with E-state index in [4.69, 9.17) is 18.6 Å². The molecule has 0 saturated carbocycles. The molecule has 0 unspecified atom stereocenters. The van der Waals surface area contributed by atoms with E-state index < -0.39 is 5.91 Å². The minimum absolute atomic E-state index is 0.0413. The Labute approximate surface area is 184 Å². The number of amides is 1. The lowest BCUT2D eigenvalue weighted by atomic mass is 10.1. The molecule has 0 fully saturated rings. The standard InChI is InChI=1S/C25H21NO6/c1-29-17-10-8-15(9-11-17)23(27)24-22(20-6-4-5-7-21(20)32-24)26-25(28)16-12-18(30-2)14-19(13-16)31-3/h4-14H,1-3H3,(H,26,28). The third kappa shape index (κ3) is 4.00. The van der Waals surface area contributed by atoms with Crippen LogP contribution >= 0.6 is 0 Å². The van der Waals surface area contributed by atoms with Crippen LogP contribution in [0.1, 0.15) is 26.5 Å². The molecule has 0 bridgehead atoms. The molecule has 1 N–H and O–H groups in total. The van der Waals surface area contributed by atoms with Gasteiger partial charge < -0.3 is 23.9 Å². The number of para-hydroxylation sites is 1. The van der Waals surface area contributed by atoms with Crippen molar-refractivity contribution in [2.45, 2.75) is 0 Å². The summed E-state index contributed by atoms with van der Waals surface area (Å²) < 4.78 is 21.5. The maximum Gasteiger partial charge on any atom is 0.256 e. The SMILES string of the molecule is COc1ccc(C(=O)c2oc3ccccc3c2NC(=O)c2cc(OC)cc(OC)c2)cc1. The van der Waals surface area contributed by atoms with Crippen LogP contribution in [-0.2, 0) is 0 Å². The van der Waals surface area contributed by atoms with Crippen molar-refractivity contribution in [1.82, 2.24) is 0 Å². The molecule has 7 nitrogen and oxygen atoms in total. The molecule has 162 valence electrons. The first-order valence-electron chi connectivity index (χ1n) is 9.78. The molecule has 4 aromatic rings. The molecule has 3 aromatic carbocycles. The summed E-state index contributed by atoms with van der Waals surface area (Å²) in [5.41, 5.74) is 1.51. The zero-order chi connectivity index (χ0) is 22.7. The Morgan fingerprint density at radius 3 is 2.00 bits per heavy atom. The molecule has 7 heteroatoms. The second-order valence-corrected chi connectivity index (χ2v) is 6.92. The summed E-state index contributed by atoms with van der Waals surface area (Å²) in [6.45, 7) is 0. The highest BCUT2D eigenvalue weighted by molar-refractivity contribution is 6.19. The lowest BCUT2D eigenvalue weighted by Gasteiger charge is -2.10. The van der Waals surface area contributed by atoms with Gasteiger partial charge in [0, 0.05) is 22.6 Å². The number of anilines is 1. The number of methoxy groups -OCH3 is 3. The Balaban J connectivity index is 1.75. The van der Waals surface area contributed by atoms with Crippen LogP contribution in [0.25, 0.3) is 11.0 Å². The predicted octanol–water partition coefficient (Wildman–Crippen LogP) is 4.94. The minimum Gasteiger partial charge on any atom is -0.497 e. The number of hydrogen-bond donors (Lipinski definition) is 1. The number of ketones is 1. The third-order valence-electron chi connectivity index (χ3n) is 5.01. The second kappa shape index (κ2) is 8.85. The Morgan fingerprint density at radius 1 is 0.750 bits per heavy atom. The largest absolute Gasteiger partial charge is 0.497 e. The molecule has 1 amide bonds. The van der Waals surface area contributed by atoms with Gasteiger partial charge in [-0.15, -0.1) is 0 Å². The number of hydrogen-bond acceptors (Lipinski definition) is 6. The number of benzene rings is 3. The maximum atomic E-state index is 13.2. The smallest absolute Gasteiger partial charge is 0.256 e. The van der Waals surface area contributed by atoms with Crippen LogP contribution in [0.5, 0.6) is 17.2 Å². The molecular formula is C25H21NO6. The Bertz CT molecular complexity index is 1270. The molecule has 0 aliphatic rings. The van der Waals surface area contributed by atoms with E-state index >= 15 is 0 Å². The van der Waals surface area contributed by atoms with Crippen molar-refractivity contribution in [3.8, 4) is 17.2 Å². The van der Waals surface area contributed by atoms with Crippen molar-refractivity contribution >= 4 is 28.3 Å². The molecule has 1 aromatic heterocycles. The van der Waals surface area contributed by atoms with Crippen LogP contribution in [0.3, 0.4) is 0 Å². The predicted molar refractivity (Wildman–Crippen MR) is 120 cm³/mol. The van der Waals surface area contributed by atoms with E-state index in [9.17, 15) is 9.59 Å². The van der Waals surface area contributed by atoms with Crippen molar-refractivity contribution in [2.24, 2.45) is 0 Å². The third-order valence-corrected chi connectivity index (χ3v) is 5.01. The quantitative estimate of drug-likeness (QED) is 0.417. The van der Waals surface area contributed by atoms with Crippen LogP contribution < -0.4 is 19.5 Å². The van der Waals surface area contributed by atoms with Crippen molar-refractivity contribution in [1.29, 1.82) is 0 Å². The number of carbonyl (C=O) groups is 2. The van der Waals surface area contributed by atoms with Crippen LogP contribution in [0.2, 0.25) is 0 Å². The first kappa shape index (κ1) is 21.0. The molecule has 32 heavy (non-hydrogen) atoms. The van der Waals surface area contributed by atoms with Gasteiger partial charge in [0.05, 0.1) is 27.0 Å². The summed E-state index contributed by atoms with van der Waals surface area (Å²) in [6, 6.07) is 18.7. The van der Waals surface area contributed by atoms with Gasteiger partial charge in [0.25, 0.3) is 5.91 Å². The first-order valence-corrected chi connectivity index (χ1v) is 9.78. The van der Waals surface area contributed by atoms with Crippen molar-refractivity contribution < 1.29 is 28.2 Å². The molecule has 0 radical (unpaired) electrons. The van der Waals surface area contributed by atoms with Gasteiger partial charge in [0.1, 0.15) is 22.8 Å². The number of ether oxygens (including phenoxy) is 3. The van der Waals surface area contributed by atoms with Gasteiger partial charge in [-0.2, -0.15) is 0 Å². The first-order chi connectivity index (χ1) is 15.5. The van der Waals surface area contributed by atoms with Crippen molar-refractivity contribution in [2.75, 3.05) is 26.6 Å². The normalized spacial score (nSPS) is 10.6. The zero-order valence-electron chi connectivity index (χ0n) is 17.8. The lowest BCUT2D eigenvalue weighted by molar-refractivity contribution is 0.101. The monoisotopic (exact) mass is 431 g/mol. The average Bonchev–Trinajstić information content (AvgIpc) is 3.21. The van der Waals surface area contributed by atoms with E-state index in [1.807, 2.05) is 6.07 Å². The summed E-state index contributed by atoms with van der Waals surface area (Å²) in [7, 11) is 4.56. The number of fused-ring (bicyclic) bond motifs is 1. The fourth-order valence-electron chi connectivity index (χ4n) is 3.33. The molecule has 0 atom stereocenters. The second-order valence-electron chi connectivity index (χ2n) is 6.92. The highest BCUT2D eigenvalue weighted by Gasteiger charge is 2.24. The molecule has 0 aliphatic heterocycles. The van der Waals surface area contributed by atoms with E-state index in [-0.39, 0.29) is 11.5 Å². The van der Waals surface area contributed by atoms with Gasteiger partial charge in [-0.25, -0.2) is 0 Å². The summed E-state index contributed by atoms with van der Waals surface area (Å²) >= 11 is 0. The maximum absolute atomic E-state index is 13.2. The van der Waals surface area contributed by atoms with E-state index in [0.717, 1.165) is 0 Å². The van der Waals surface area contributed by atoms with E-state index in [0.29, 0.717) is 45.0 Å². The highest BCUT2D eigenvalue weighted by atomic mass is 16.5. The van der Waals surface area contributed by atoms with Crippen LogP contribution in [0.15, 0.2) is 71.1 Å². The average molecular weight is 431 g/mol. The summed E-state index contributed by atoms with van der Waals surface area (Å²) in [4.78, 5) is 26.3. The lowest BCUT2D eigenvalue weighted by Crippen LogP contribution is -2.14. The Morgan fingerprint density at radius 2 is 1.38 bits per heavy atom. The number of nitrogens with one attached hydrogen (secondary N) is 1. The molecule has 4 rings (SSSR count). The Kier molecular flexibility index (Phi) is 5.81. The van der Waals surface area contributed by atoms with Gasteiger partial charge in [0.15, 0.2) is 5.76 Å². The van der Waals surface area contributed by atoms with E-state index in [2.05, 4.69) is 5.32 Å². The van der Waals surface area contributed by atoms with Crippen LogP contribution in [0.4, 0.5) is 5.69 Å². The zero-order valence-corrected chi connectivity index (χ0v) is 17.8. The van der Waals surface area contributed by atoms with Crippen molar-refractivity contribution in [3.63, 3.8) is 0 Å². The van der Waals surface area contributed by atoms with Gasteiger partial charge in [-0.3, -0.25) is 9.59 Å². The van der Waals surface area contributed by atoms with Gasteiger partial charge in [0.2, 0.25) is 5.78 Å².